The normalized spacial score (nSPS) is 10.8. The highest BCUT2D eigenvalue weighted by Gasteiger charge is 2.10. The van der Waals surface area contributed by atoms with Crippen LogP contribution in [0.1, 0.15) is 15.9 Å². The number of hydrogen-bond donors (Lipinski definition) is 2. The van der Waals surface area contributed by atoms with Crippen LogP contribution in [0.3, 0.4) is 0 Å². The molecule has 0 unspecified atom stereocenters. The van der Waals surface area contributed by atoms with Crippen molar-refractivity contribution in [2.45, 2.75) is 6.92 Å². The van der Waals surface area contributed by atoms with Gasteiger partial charge in [0.2, 0.25) is 0 Å². The Morgan fingerprint density at radius 3 is 2.86 bits per heavy atom. The summed E-state index contributed by atoms with van der Waals surface area (Å²) in [5, 5.41) is 12.1. The first-order valence-electron chi connectivity index (χ1n) is 6.20. The molecule has 106 valence electrons. The Kier molecular flexibility index (Phi) is 3.39. The number of carboxylic acids is 1. The molecule has 21 heavy (non-hydrogen) atoms. The van der Waals surface area contributed by atoms with Gasteiger partial charge in [-0.3, -0.25) is 0 Å². The molecule has 0 amide bonds. The second-order valence-corrected chi connectivity index (χ2v) is 5.51. The number of aromatic nitrogens is 1. The van der Waals surface area contributed by atoms with E-state index in [1.165, 1.54) is 12.1 Å². The van der Waals surface area contributed by atoms with E-state index in [0.717, 1.165) is 15.7 Å². The average Bonchev–Trinajstić information content (AvgIpc) is 2.84. The largest absolute Gasteiger partial charge is 0.478 e. The summed E-state index contributed by atoms with van der Waals surface area (Å²) in [5.41, 5.74) is 3.13. The molecule has 0 spiro atoms. The highest BCUT2D eigenvalue weighted by molar-refractivity contribution is 9.10. The van der Waals surface area contributed by atoms with E-state index in [1.807, 2.05) is 25.1 Å². The second-order valence-electron chi connectivity index (χ2n) is 4.59. The van der Waals surface area contributed by atoms with Crippen LogP contribution in [-0.2, 0) is 0 Å². The molecule has 0 aliphatic carbocycles. The van der Waals surface area contributed by atoms with Crippen LogP contribution in [0, 0.1) is 6.92 Å². The van der Waals surface area contributed by atoms with Crippen molar-refractivity contribution in [2.24, 2.45) is 0 Å². The molecule has 5 nitrogen and oxygen atoms in total. The van der Waals surface area contributed by atoms with Crippen LogP contribution in [0.4, 0.5) is 11.7 Å². The maximum Gasteiger partial charge on any atom is 0.335 e. The van der Waals surface area contributed by atoms with Crippen molar-refractivity contribution < 1.29 is 14.3 Å². The molecule has 3 rings (SSSR count). The number of benzene rings is 2. The van der Waals surface area contributed by atoms with Gasteiger partial charge >= 0.3 is 5.97 Å². The van der Waals surface area contributed by atoms with Crippen LogP contribution in [0.15, 0.2) is 45.3 Å². The smallest absolute Gasteiger partial charge is 0.335 e. The SMILES string of the molecule is Cc1ccc(Br)cc1Nc1nc2ccc(C(=O)O)cc2o1. The van der Waals surface area contributed by atoms with Crippen molar-refractivity contribution >= 4 is 44.7 Å². The van der Waals surface area contributed by atoms with E-state index in [1.54, 1.807) is 6.07 Å². The van der Waals surface area contributed by atoms with E-state index in [2.05, 4.69) is 26.2 Å². The first-order chi connectivity index (χ1) is 10.0. The third-order valence-electron chi connectivity index (χ3n) is 3.08. The minimum atomic E-state index is -0.995. The molecular weight excluding hydrogens is 336 g/mol. The number of nitrogens with one attached hydrogen (secondary N) is 1. The lowest BCUT2D eigenvalue weighted by molar-refractivity contribution is 0.0697. The van der Waals surface area contributed by atoms with E-state index >= 15 is 0 Å². The Labute approximate surface area is 128 Å². The Bertz CT molecular complexity index is 842. The lowest BCUT2D eigenvalue weighted by atomic mass is 10.2. The molecule has 0 saturated carbocycles. The fourth-order valence-corrected chi connectivity index (χ4v) is 2.32. The second kappa shape index (κ2) is 5.21. The number of nitrogens with zero attached hydrogens (tertiary/aromatic N) is 1. The zero-order valence-electron chi connectivity index (χ0n) is 11.1. The lowest BCUT2D eigenvalue weighted by Crippen LogP contribution is -1.94. The molecule has 1 heterocycles. The van der Waals surface area contributed by atoms with Gasteiger partial charge in [-0.25, -0.2) is 4.79 Å². The number of hydrogen-bond acceptors (Lipinski definition) is 4. The van der Waals surface area contributed by atoms with Crippen LogP contribution in [0.5, 0.6) is 0 Å². The predicted molar refractivity (Wildman–Crippen MR) is 83.1 cm³/mol. The molecule has 0 saturated heterocycles. The molecule has 2 aromatic carbocycles. The van der Waals surface area contributed by atoms with E-state index in [0.29, 0.717) is 17.1 Å². The van der Waals surface area contributed by atoms with Gasteiger partial charge in [-0.05, 0) is 42.8 Å². The Hall–Kier alpha value is -2.34. The van der Waals surface area contributed by atoms with Crippen LogP contribution < -0.4 is 5.32 Å². The number of aromatic carboxylic acids is 1. The molecule has 2 N–H and O–H groups in total. The zero-order valence-corrected chi connectivity index (χ0v) is 12.6. The fourth-order valence-electron chi connectivity index (χ4n) is 1.96. The zero-order chi connectivity index (χ0) is 15.0. The van der Waals surface area contributed by atoms with Gasteiger partial charge in [0, 0.05) is 10.2 Å². The van der Waals surface area contributed by atoms with Crippen LogP contribution in [-0.4, -0.2) is 16.1 Å². The topological polar surface area (TPSA) is 75.4 Å². The Morgan fingerprint density at radius 2 is 2.10 bits per heavy atom. The average molecular weight is 347 g/mol. The van der Waals surface area contributed by atoms with Gasteiger partial charge in [0.05, 0.1) is 5.56 Å². The van der Waals surface area contributed by atoms with E-state index in [4.69, 9.17) is 9.52 Å². The summed E-state index contributed by atoms with van der Waals surface area (Å²) in [6.07, 6.45) is 0. The van der Waals surface area contributed by atoms with Crippen molar-refractivity contribution in [3.63, 3.8) is 0 Å². The highest BCUT2D eigenvalue weighted by Crippen LogP contribution is 2.26. The van der Waals surface area contributed by atoms with Gasteiger partial charge in [-0.15, -0.1) is 0 Å². The standard InChI is InChI=1S/C15H11BrN2O3/c1-8-2-4-10(16)7-12(8)18-15-17-11-5-3-9(14(19)20)6-13(11)21-15/h2-7H,1H3,(H,17,18)(H,19,20). The van der Waals surface area contributed by atoms with Crippen molar-refractivity contribution in [1.82, 2.24) is 4.98 Å². The maximum absolute atomic E-state index is 10.9. The fraction of sp³-hybridized carbons (Fsp3) is 0.0667. The number of aryl methyl sites for hydroxylation is 1. The monoisotopic (exact) mass is 346 g/mol. The van der Waals surface area contributed by atoms with Crippen LogP contribution in [0.25, 0.3) is 11.1 Å². The van der Waals surface area contributed by atoms with Gasteiger partial charge in [0.1, 0.15) is 5.52 Å². The lowest BCUT2D eigenvalue weighted by Gasteiger charge is -2.05. The van der Waals surface area contributed by atoms with Crippen LogP contribution >= 0.6 is 15.9 Å². The summed E-state index contributed by atoms with van der Waals surface area (Å²) in [6, 6.07) is 10.8. The first kappa shape index (κ1) is 13.6. The van der Waals surface area contributed by atoms with Gasteiger partial charge in [0.25, 0.3) is 6.01 Å². The first-order valence-corrected chi connectivity index (χ1v) is 6.99. The molecule has 0 radical (unpaired) electrons. The molecule has 3 aromatic rings. The summed E-state index contributed by atoms with van der Waals surface area (Å²) in [4.78, 5) is 15.2. The number of anilines is 2. The van der Waals surface area contributed by atoms with Crippen molar-refractivity contribution in [1.29, 1.82) is 0 Å². The summed E-state index contributed by atoms with van der Waals surface area (Å²) in [6.45, 7) is 1.97. The molecule has 0 fully saturated rings. The van der Waals surface area contributed by atoms with E-state index < -0.39 is 5.97 Å². The van der Waals surface area contributed by atoms with Gasteiger partial charge < -0.3 is 14.8 Å². The Balaban J connectivity index is 1.97. The highest BCUT2D eigenvalue weighted by atomic mass is 79.9. The summed E-state index contributed by atoms with van der Waals surface area (Å²) in [7, 11) is 0. The van der Waals surface area contributed by atoms with Gasteiger partial charge in [-0.2, -0.15) is 4.98 Å². The van der Waals surface area contributed by atoms with Crippen molar-refractivity contribution in [3.8, 4) is 0 Å². The number of halogens is 1. The number of oxazole rings is 1. The number of rotatable bonds is 3. The van der Waals surface area contributed by atoms with Gasteiger partial charge in [0.15, 0.2) is 5.58 Å². The number of carboxylic acid groups (broad SMARTS) is 1. The summed E-state index contributed by atoms with van der Waals surface area (Å²) < 4.78 is 6.50. The molecule has 0 aliphatic rings. The predicted octanol–water partition coefficient (Wildman–Crippen LogP) is 4.34. The molecule has 0 bridgehead atoms. The molecule has 0 aliphatic heterocycles. The number of fused-ring (bicyclic) bond motifs is 1. The molecule has 0 atom stereocenters. The third kappa shape index (κ3) is 2.75. The van der Waals surface area contributed by atoms with E-state index in [-0.39, 0.29) is 5.56 Å². The number of carbonyl (C=O) groups is 1. The van der Waals surface area contributed by atoms with E-state index in [9.17, 15) is 4.79 Å². The van der Waals surface area contributed by atoms with Crippen molar-refractivity contribution in [2.75, 3.05) is 5.32 Å². The molecule has 6 heteroatoms. The minimum absolute atomic E-state index is 0.170. The van der Waals surface area contributed by atoms with Gasteiger partial charge in [-0.1, -0.05) is 22.0 Å². The minimum Gasteiger partial charge on any atom is -0.478 e. The molecule has 1 aromatic heterocycles. The molecular formula is C15H11BrN2O3. The maximum atomic E-state index is 10.9. The van der Waals surface area contributed by atoms with Crippen molar-refractivity contribution in [3.05, 3.63) is 52.0 Å². The quantitative estimate of drug-likeness (QED) is 0.737. The summed E-state index contributed by atoms with van der Waals surface area (Å²) >= 11 is 3.41. The van der Waals surface area contributed by atoms with Crippen LogP contribution in [0.2, 0.25) is 0 Å². The Morgan fingerprint density at radius 1 is 1.29 bits per heavy atom. The summed E-state index contributed by atoms with van der Waals surface area (Å²) in [5.74, 6) is -0.995. The third-order valence-corrected chi connectivity index (χ3v) is 3.57.